The SMILES string of the molecule is CC(C)CS(=O)(=O)NCC(Br)c1ccccc1. The summed E-state index contributed by atoms with van der Waals surface area (Å²) in [6.07, 6.45) is 0. The van der Waals surface area contributed by atoms with Gasteiger partial charge in [-0.25, -0.2) is 13.1 Å². The Morgan fingerprint density at radius 1 is 1.24 bits per heavy atom. The van der Waals surface area contributed by atoms with Gasteiger partial charge in [-0.3, -0.25) is 0 Å². The van der Waals surface area contributed by atoms with Crippen LogP contribution in [0.2, 0.25) is 0 Å². The minimum absolute atomic E-state index is 0.00522. The number of rotatable bonds is 6. The highest BCUT2D eigenvalue weighted by atomic mass is 79.9. The van der Waals surface area contributed by atoms with Gasteiger partial charge in [0, 0.05) is 6.54 Å². The third kappa shape index (κ3) is 5.66. The number of benzene rings is 1. The lowest BCUT2D eigenvalue weighted by atomic mass is 10.2. The van der Waals surface area contributed by atoms with Crippen LogP contribution in [0.4, 0.5) is 0 Å². The van der Waals surface area contributed by atoms with Gasteiger partial charge in [-0.05, 0) is 11.5 Å². The molecular formula is C12H18BrNO2S. The fourth-order valence-corrected chi connectivity index (χ4v) is 3.58. The second-order valence-corrected chi connectivity index (χ2v) is 7.36. The van der Waals surface area contributed by atoms with Crippen molar-refractivity contribution in [3.05, 3.63) is 35.9 Å². The van der Waals surface area contributed by atoms with Gasteiger partial charge >= 0.3 is 0 Å². The summed E-state index contributed by atoms with van der Waals surface area (Å²) in [5.41, 5.74) is 1.07. The summed E-state index contributed by atoms with van der Waals surface area (Å²) in [4.78, 5) is 0.00522. The molecule has 0 aliphatic heterocycles. The van der Waals surface area contributed by atoms with Crippen LogP contribution in [-0.2, 0) is 10.0 Å². The van der Waals surface area contributed by atoms with Crippen molar-refractivity contribution in [3.8, 4) is 0 Å². The smallest absolute Gasteiger partial charge is 0.211 e. The first-order valence-corrected chi connectivity index (χ1v) is 8.14. The standard InChI is InChI=1S/C12H18BrNO2S/c1-10(2)9-17(15,16)14-8-12(13)11-6-4-3-5-7-11/h3-7,10,12,14H,8-9H2,1-2H3. The van der Waals surface area contributed by atoms with E-state index in [-0.39, 0.29) is 16.5 Å². The molecule has 0 aliphatic rings. The maximum Gasteiger partial charge on any atom is 0.211 e. The van der Waals surface area contributed by atoms with Gasteiger partial charge in [0.25, 0.3) is 0 Å². The molecule has 0 spiro atoms. The first-order chi connectivity index (χ1) is 7.91. The lowest BCUT2D eigenvalue weighted by molar-refractivity contribution is 0.568. The maximum absolute atomic E-state index is 11.6. The minimum atomic E-state index is -3.16. The van der Waals surface area contributed by atoms with E-state index < -0.39 is 10.0 Å². The van der Waals surface area contributed by atoms with Crippen molar-refractivity contribution in [1.29, 1.82) is 0 Å². The van der Waals surface area contributed by atoms with Crippen molar-refractivity contribution >= 4 is 26.0 Å². The lowest BCUT2D eigenvalue weighted by Gasteiger charge is -2.13. The number of hydrogen-bond acceptors (Lipinski definition) is 2. The Labute approximate surface area is 112 Å². The van der Waals surface area contributed by atoms with Crippen LogP contribution in [0.5, 0.6) is 0 Å². The van der Waals surface area contributed by atoms with E-state index in [4.69, 9.17) is 0 Å². The molecule has 3 nitrogen and oxygen atoms in total. The van der Waals surface area contributed by atoms with Gasteiger partial charge in [0.15, 0.2) is 0 Å². The average molecular weight is 320 g/mol. The van der Waals surface area contributed by atoms with Crippen LogP contribution in [0.15, 0.2) is 30.3 Å². The van der Waals surface area contributed by atoms with Crippen LogP contribution in [-0.4, -0.2) is 20.7 Å². The van der Waals surface area contributed by atoms with E-state index in [1.54, 1.807) is 0 Å². The summed E-state index contributed by atoms with van der Waals surface area (Å²) in [5, 5.41) is 0. The Bertz CT molecular complexity index is 431. The van der Waals surface area contributed by atoms with Crippen LogP contribution in [0.3, 0.4) is 0 Å². The fraction of sp³-hybridized carbons (Fsp3) is 0.500. The van der Waals surface area contributed by atoms with Gasteiger partial charge in [-0.1, -0.05) is 60.1 Å². The molecule has 96 valence electrons. The first-order valence-electron chi connectivity index (χ1n) is 5.57. The van der Waals surface area contributed by atoms with Gasteiger partial charge in [0.05, 0.1) is 10.6 Å². The normalized spacial score (nSPS) is 13.9. The van der Waals surface area contributed by atoms with E-state index >= 15 is 0 Å². The van der Waals surface area contributed by atoms with Crippen LogP contribution < -0.4 is 4.72 Å². The van der Waals surface area contributed by atoms with Gasteiger partial charge in [0.1, 0.15) is 0 Å². The molecule has 17 heavy (non-hydrogen) atoms. The Hall–Kier alpha value is -0.390. The molecule has 5 heteroatoms. The molecule has 0 radical (unpaired) electrons. The predicted molar refractivity (Wildman–Crippen MR) is 74.7 cm³/mol. The molecule has 1 atom stereocenters. The highest BCUT2D eigenvalue weighted by molar-refractivity contribution is 9.09. The summed E-state index contributed by atoms with van der Waals surface area (Å²) >= 11 is 3.48. The Kier molecular flexibility index (Phi) is 5.62. The molecule has 0 aromatic heterocycles. The zero-order valence-corrected chi connectivity index (χ0v) is 12.5. The quantitative estimate of drug-likeness (QED) is 0.819. The molecular weight excluding hydrogens is 302 g/mol. The van der Waals surface area contributed by atoms with Crippen molar-refractivity contribution in [2.24, 2.45) is 5.92 Å². The van der Waals surface area contributed by atoms with Crippen molar-refractivity contribution in [1.82, 2.24) is 4.72 Å². The largest absolute Gasteiger partial charge is 0.214 e. The summed E-state index contributed by atoms with van der Waals surface area (Å²) in [6.45, 7) is 4.16. The zero-order chi connectivity index (χ0) is 12.9. The molecule has 1 unspecified atom stereocenters. The van der Waals surface area contributed by atoms with Gasteiger partial charge in [0.2, 0.25) is 10.0 Å². The summed E-state index contributed by atoms with van der Waals surface area (Å²) in [6, 6.07) is 9.75. The van der Waals surface area contributed by atoms with Crippen LogP contribution in [0.1, 0.15) is 24.2 Å². The summed E-state index contributed by atoms with van der Waals surface area (Å²) < 4.78 is 25.9. The topological polar surface area (TPSA) is 46.2 Å². The third-order valence-corrected chi connectivity index (χ3v) is 4.76. The van der Waals surface area contributed by atoms with Gasteiger partial charge in [-0.2, -0.15) is 0 Å². The molecule has 0 bridgehead atoms. The average Bonchev–Trinajstić information content (AvgIpc) is 2.25. The highest BCUT2D eigenvalue weighted by Crippen LogP contribution is 2.21. The molecule has 1 aromatic rings. The molecule has 0 heterocycles. The summed E-state index contributed by atoms with van der Waals surface area (Å²) in [7, 11) is -3.16. The highest BCUT2D eigenvalue weighted by Gasteiger charge is 2.15. The maximum atomic E-state index is 11.6. The lowest BCUT2D eigenvalue weighted by Crippen LogP contribution is -2.30. The van der Waals surface area contributed by atoms with Crippen molar-refractivity contribution in [3.63, 3.8) is 0 Å². The summed E-state index contributed by atoms with van der Waals surface area (Å²) in [5.74, 6) is 0.305. The van der Waals surface area contributed by atoms with E-state index in [1.807, 2.05) is 44.2 Å². The van der Waals surface area contributed by atoms with E-state index in [0.29, 0.717) is 6.54 Å². The second kappa shape index (κ2) is 6.52. The molecule has 0 amide bonds. The van der Waals surface area contributed by atoms with Crippen LogP contribution >= 0.6 is 15.9 Å². The van der Waals surface area contributed by atoms with E-state index in [9.17, 15) is 8.42 Å². The molecule has 0 saturated heterocycles. The van der Waals surface area contributed by atoms with Crippen molar-refractivity contribution < 1.29 is 8.42 Å². The Balaban J connectivity index is 2.51. The van der Waals surface area contributed by atoms with E-state index in [1.165, 1.54) is 0 Å². The Morgan fingerprint density at radius 3 is 2.35 bits per heavy atom. The molecule has 1 rings (SSSR count). The van der Waals surface area contributed by atoms with Gasteiger partial charge in [-0.15, -0.1) is 0 Å². The minimum Gasteiger partial charge on any atom is -0.214 e. The number of nitrogens with one attached hydrogen (secondary N) is 1. The molecule has 0 fully saturated rings. The van der Waals surface area contributed by atoms with Gasteiger partial charge < -0.3 is 0 Å². The molecule has 0 saturated carbocycles. The monoisotopic (exact) mass is 319 g/mol. The first kappa shape index (κ1) is 14.7. The molecule has 1 N–H and O–H groups in total. The van der Waals surface area contributed by atoms with Crippen LogP contribution in [0.25, 0.3) is 0 Å². The van der Waals surface area contributed by atoms with Crippen molar-refractivity contribution in [2.45, 2.75) is 18.7 Å². The van der Waals surface area contributed by atoms with Crippen LogP contribution in [0, 0.1) is 5.92 Å². The second-order valence-electron chi connectivity index (χ2n) is 4.40. The molecule has 1 aromatic carbocycles. The fourth-order valence-electron chi connectivity index (χ4n) is 1.48. The van der Waals surface area contributed by atoms with E-state index in [0.717, 1.165) is 5.56 Å². The van der Waals surface area contributed by atoms with Crippen molar-refractivity contribution in [2.75, 3.05) is 12.3 Å². The Morgan fingerprint density at radius 2 is 1.82 bits per heavy atom. The number of halogens is 1. The number of hydrogen-bond donors (Lipinski definition) is 1. The number of sulfonamides is 1. The molecule has 0 aliphatic carbocycles. The zero-order valence-electron chi connectivity index (χ0n) is 10.1. The third-order valence-electron chi connectivity index (χ3n) is 2.20. The predicted octanol–water partition coefficient (Wildman–Crippen LogP) is 2.70. The van der Waals surface area contributed by atoms with E-state index in [2.05, 4.69) is 20.7 Å². The number of alkyl halides is 1.